The topological polar surface area (TPSA) is 9.23 Å². The van der Waals surface area contributed by atoms with Gasteiger partial charge >= 0.3 is 6.18 Å². The minimum atomic E-state index is -4.39. The Labute approximate surface area is 102 Å². The van der Waals surface area contributed by atoms with E-state index in [1.165, 1.54) is 6.07 Å². The largest absolute Gasteiger partial charge is 0.544 e. The maximum atomic E-state index is 12.7. The molecule has 0 saturated carbocycles. The molecular weight excluding hydrogens is 301 g/mol. The molecule has 0 fully saturated rings. The molecule has 0 atom stereocenters. The molecule has 16 heavy (non-hydrogen) atoms. The van der Waals surface area contributed by atoms with Crippen LogP contribution in [0, 0.1) is 0 Å². The maximum absolute atomic E-state index is 12.7. The van der Waals surface area contributed by atoms with Crippen LogP contribution in [0.15, 0.2) is 22.7 Å². The van der Waals surface area contributed by atoms with Crippen molar-refractivity contribution >= 4 is 24.2 Å². The smallest absolute Gasteiger partial charge is 0.419 e. The van der Waals surface area contributed by atoms with Gasteiger partial charge in [-0.3, -0.25) is 0 Å². The summed E-state index contributed by atoms with van der Waals surface area (Å²) in [5, 5.41) is 0. The predicted octanol–water partition coefficient (Wildman–Crippen LogP) is 4.68. The lowest BCUT2D eigenvalue weighted by Crippen LogP contribution is -2.30. The van der Waals surface area contributed by atoms with Crippen molar-refractivity contribution in [2.24, 2.45) is 0 Å². The Balaban J connectivity index is 3.19. The molecule has 1 aromatic carbocycles. The molecule has 1 nitrogen and oxygen atoms in total. The number of hydrogen-bond acceptors (Lipinski definition) is 1. The molecule has 0 N–H and O–H groups in total. The Hall–Kier alpha value is -0.493. The van der Waals surface area contributed by atoms with Crippen LogP contribution in [0.3, 0.4) is 0 Å². The van der Waals surface area contributed by atoms with Crippen LogP contribution in [0.1, 0.15) is 5.56 Å². The summed E-state index contributed by atoms with van der Waals surface area (Å²) in [4.78, 5) is 0. The average molecular weight is 313 g/mol. The van der Waals surface area contributed by atoms with Crippen molar-refractivity contribution in [1.29, 1.82) is 0 Å². The summed E-state index contributed by atoms with van der Waals surface area (Å²) in [7, 11) is -2.04. The maximum Gasteiger partial charge on any atom is 0.419 e. The van der Waals surface area contributed by atoms with Gasteiger partial charge in [0.2, 0.25) is 8.32 Å². The van der Waals surface area contributed by atoms with Crippen LogP contribution in [0.25, 0.3) is 0 Å². The third kappa shape index (κ3) is 3.82. The number of halogens is 4. The minimum absolute atomic E-state index is 0.0881. The van der Waals surface area contributed by atoms with Crippen molar-refractivity contribution < 1.29 is 17.6 Å². The van der Waals surface area contributed by atoms with Gasteiger partial charge in [0.05, 0.1) is 5.56 Å². The first-order valence-corrected chi connectivity index (χ1v) is 8.85. The summed E-state index contributed by atoms with van der Waals surface area (Å²) in [5.41, 5.74) is -0.732. The Morgan fingerprint density at radius 3 is 2.19 bits per heavy atom. The van der Waals surface area contributed by atoms with E-state index in [1.807, 2.05) is 19.6 Å². The molecule has 0 amide bonds. The lowest BCUT2D eigenvalue weighted by molar-refractivity contribution is -0.138. The number of alkyl halides is 3. The zero-order chi connectivity index (χ0) is 12.6. The van der Waals surface area contributed by atoms with Crippen molar-refractivity contribution in [3.63, 3.8) is 0 Å². The molecule has 0 saturated heterocycles. The van der Waals surface area contributed by atoms with E-state index in [0.717, 1.165) is 6.07 Å². The molecule has 0 bridgehead atoms. The summed E-state index contributed by atoms with van der Waals surface area (Å²) in [6.07, 6.45) is -4.39. The highest BCUT2D eigenvalue weighted by Gasteiger charge is 2.35. The van der Waals surface area contributed by atoms with Crippen molar-refractivity contribution in [3.05, 3.63) is 28.2 Å². The van der Waals surface area contributed by atoms with E-state index in [9.17, 15) is 13.2 Å². The fraction of sp³-hybridized carbons (Fsp3) is 0.400. The van der Waals surface area contributed by atoms with Gasteiger partial charge in [0.1, 0.15) is 5.75 Å². The number of hydrogen-bond donors (Lipinski definition) is 0. The van der Waals surface area contributed by atoms with Crippen molar-refractivity contribution in [1.82, 2.24) is 0 Å². The van der Waals surface area contributed by atoms with Crippen LogP contribution in [-0.2, 0) is 6.18 Å². The Kier molecular flexibility index (Phi) is 3.74. The molecule has 0 spiro atoms. The molecular formula is C10H12BrF3OSi. The minimum Gasteiger partial charge on any atom is -0.544 e. The molecule has 0 heterocycles. The molecule has 0 aromatic heterocycles. The summed E-state index contributed by atoms with van der Waals surface area (Å²) in [5.74, 6) is -0.0881. The molecule has 0 unspecified atom stereocenters. The lowest BCUT2D eigenvalue weighted by atomic mass is 10.2. The Morgan fingerprint density at radius 2 is 1.75 bits per heavy atom. The van der Waals surface area contributed by atoms with Crippen LogP contribution in [0.4, 0.5) is 13.2 Å². The fourth-order valence-electron chi connectivity index (χ4n) is 1.14. The normalized spacial score (nSPS) is 12.7. The van der Waals surface area contributed by atoms with Gasteiger partial charge in [-0.1, -0.05) is 15.9 Å². The first-order chi connectivity index (χ1) is 7.09. The van der Waals surface area contributed by atoms with E-state index in [2.05, 4.69) is 15.9 Å². The molecule has 0 aliphatic heterocycles. The van der Waals surface area contributed by atoms with E-state index in [0.29, 0.717) is 4.47 Å². The summed E-state index contributed by atoms with van der Waals surface area (Å²) < 4.78 is 44.0. The first-order valence-electron chi connectivity index (χ1n) is 4.65. The van der Waals surface area contributed by atoms with E-state index < -0.39 is 20.1 Å². The molecule has 90 valence electrons. The summed E-state index contributed by atoms with van der Waals surface area (Å²) >= 11 is 3.02. The van der Waals surface area contributed by atoms with Gasteiger partial charge in [-0.25, -0.2) is 0 Å². The van der Waals surface area contributed by atoms with Crippen LogP contribution in [-0.4, -0.2) is 8.32 Å². The van der Waals surface area contributed by atoms with Gasteiger partial charge in [0.15, 0.2) is 0 Å². The van der Waals surface area contributed by atoms with Crippen LogP contribution < -0.4 is 4.43 Å². The first kappa shape index (κ1) is 13.6. The number of rotatable bonds is 2. The monoisotopic (exact) mass is 312 g/mol. The zero-order valence-corrected chi connectivity index (χ0v) is 11.7. The van der Waals surface area contributed by atoms with Gasteiger partial charge in [-0.2, -0.15) is 13.2 Å². The molecule has 0 radical (unpaired) electrons. The second-order valence-electron chi connectivity index (χ2n) is 4.35. The van der Waals surface area contributed by atoms with Gasteiger partial charge in [-0.15, -0.1) is 0 Å². The van der Waals surface area contributed by atoms with Crippen molar-refractivity contribution in [2.75, 3.05) is 0 Å². The molecule has 6 heteroatoms. The zero-order valence-electron chi connectivity index (χ0n) is 9.15. The standard InChI is InChI=1S/C10H12BrF3OSi/c1-16(2,3)15-9-5-4-7(11)6-8(9)10(12,13)14/h4-6H,1-3H3. The van der Waals surface area contributed by atoms with Gasteiger partial charge in [-0.05, 0) is 37.8 Å². The van der Waals surface area contributed by atoms with Gasteiger partial charge in [0.25, 0.3) is 0 Å². The van der Waals surface area contributed by atoms with Crippen LogP contribution in [0.2, 0.25) is 19.6 Å². The van der Waals surface area contributed by atoms with E-state index >= 15 is 0 Å². The third-order valence-electron chi connectivity index (χ3n) is 1.66. The molecule has 1 rings (SSSR count). The second kappa shape index (κ2) is 4.41. The Bertz CT molecular complexity index is 385. The summed E-state index contributed by atoms with van der Waals surface area (Å²) in [6, 6.07) is 3.94. The SMILES string of the molecule is C[Si](C)(C)Oc1ccc(Br)cc1C(F)(F)F. The predicted molar refractivity (Wildman–Crippen MR) is 63.1 cm³/mol. The lowest BCUT2D eigenvalue weighted by Gasteiger charge is -2.22. The quantitative estimate of drug-likeness (QED) is 0.720. The average Bonchev–Trinajstić information content (AvgIpc) is 2.04. The van der Waals surface area contributed by atoms with Gasteiger partial charge < -0.3 is 4.43 Å². The highest BCUT2D eigenvalue weighted by molar-refractivity contribution is 9.10. The molecule has 1 aromatic rings. The highest BCUT2D eigenvalue weighted by Crippen LogP contribution is 2.38. The van der Waals surface area contributed by atoms with Crippen LogP contribution in [0.5, 0.6) is 5.75 Å². The Morgan fingerprint density at radius 1 is 1.19 bits per heavy atom. The molecule has 0 aliphatic carbocycles. The van der Waals surface area contributed by atoms with Gasteiger partial charge in [0, 0.05) is 4.47 Å². The van der Waals surface area contributed by atoms with Crippen LogP contribution >= 0.6 is 15.9 Å². The number of benzene rings is 1. The molecule has 0 aliphatic rings. The summed E-state index contributed by atoms with van der Waals surface area (Å²) in [6.45, 7) is 5.53. The third-order valence-corrected chi connectivity index (χ3v) is 2.99. The second-order valence-corrected chi connectivity index (χ2v) is 9.70. The van der Waals surface area contributed by atoms with E-state index in [-0.39, 0.29) is 5.75 Å². The fourth-order valence-corrected chi connectivity index (χ4v) is 2.34. The highest BCUT2D eigenvalue weighted by atomic mass is 79.9. The van der Waals surface area contributed by atoms with Crippen molar-refractivity contribution in [3.8, 4) is 5.75 Å². The van der Waals surface area contributed by atoms with Crippen molar-refractivity contribution in [2.45, 2.75) is 25.8 Å². The van der Waals surface area contributed by atoms with E-state index in [1.54, 1.807) is 6.07 Å². The van der Waals surface area contributed by atoms with E-state index in [4.69, 9.17) is 4.43 Å².